The zero-order valence-electron chi connectivity index (χ0n) is 12.8. The van der Waals surface area contributed by atoms with Crippen LogP contribution in [0.4, 0.5) is 0 Å². The first-order chi connectivity index (χ1) is 12.0. The number of Topliss-reactive ketones (excluding diaryl/α,β-unsaturated/α-hetero) is 1. The number of esters is 1. The number of carbonyl (C=O) groups is 2. The van der Waals surface area contributed by atoms with Crippen molar-refractivity contribution in [2.24, 2.45) is 5.92 Å². The third kappa shape index (κ3) is 4.27. The summed E-state index contributed by atoms with van der Waals surface area (Å²) in [6, 6.07) is 11.5. The van der Waals surface area contributed by atoms with Crippen molar-refractivity contribution in [3.8, 4) is 24.3 Å². The minimum Gasteiger partial charge on any atom is -0.460 e. The number of hydrogen-bond acceptors (Lipinski definition) is 8. The molecule has 1 aromatic carbocycles. The first-order valence-electron chi connectivity index (χ1n) is 6.81. The van der Waals surface area contributed by atoms with Crippen molar-refractivity contribution in [1.29, 1.82) is 21.0 Å². The van der Waals surface area contributed by atoms with E-state index in [-0.39, 0.29) is 17.7 Å². The second-order valence-corrected chi connectivity index (χ2v) is 4.44. The van der Waals surface area contributed by atoms with E-state index in [0.717, 1.165) is 0 Å². The average Bonchev–Trinajstić information content (AvgIpc) is 2.66. The van der Waals surface area contributed by atoms with Crippen LogP contribution in [0.15, 0.2) is 35.4 Å². The molecule has 1 aromatic rings. The largest absolute Gasteiger partial charge is 0.460 e. The molecule has 1 N–H and O–H groups in total. The summed E-state index contributed by atoms with van der Waals surface area (Å²) in [4.78, 5) is 24.8. The van der Waals surface area contributed by atoms with Gasteiger partial charge in [-0.25, -0.2) is 4.79 Å². The highest BCUT2D eigenvalue weighted by Crippen LogP contribution is 2.23. The van der Waals surface area contributed by atoms with Crippen molar-refractivity contribution in [3.63, 3.8) is 0 Å². The number of ether oxygens (including phenoxy) is 1. The van der Waals surface area contributed by atoms with Crippen molar-refractivity contribution < 1.29 is 19.4 Å². The number of allylic oxidation sites excluding steroid dienone is 2. The summed E-state index contributed by atoms with van der Waals surface area (Å²) in [6.45, 7) is -0.699. The summed E-state index contributed by atoms with van der Waals surface area (Å²) < 4.78 is 4.76. The van der Waals surface area contributed by atoms with Crippen LogP contribution in [-0.4, -0.2) is 30.1 Å². The molecule has 0 unspecified atom stereocenters. The van der Waals surface area contributed by atoms with E-state index in [1.165, 1.54) is 36.4 Å². The number of nitriles is 4. The summed E-state index contributed by atoms with van der Waals surface area (Å²) in [5, 5.41) is 44.8. The highest BCUT2D eigenvalue weighted by Gasteiger charge is 2.29. The lowest BCUT2D eigenvalue weighted by Crippen LogP contribution is -2.18. The van der Waals surface area contributed by atoms with Gasteiger partial charge in [-0.15, -0.1) is 0 Å². The van der Waals surface area contributed by atoms with Gasteiger partial charge in [-0.3, -0.25) is 4.79 Å². The molecule has 8 nitrogen and oxygen atoms in total. The van der Waals surface area contributed by atoms with Crippen LogP contribution in [0.2, 0.25) is 0 Å². The Morgan fingerprint density at radius 1 is 1.04 bits per heavy atom. The number of nitrogens with zero attached hydrogens (tertiary/aromatic N) is 4. The van der Waals surface area contributed by atoms with Crippen LogP contribution in [0.3, 0.4) is 0 Å². The number of hydrogen-bond donors (Lipinski definition) is 1. The molecule has 0 aromatic heterocycles. The van der Waals surface area contributed by atoms with Gasteiger partial charge < -0.3 is 9.84 Å². The van der Waals surface area contributed by atoms with Crippen LogP contribution >= 0.6 is 0 Å². The zero-order chi connectivity index (χ0) is 18.8. The summed E-state index contributed by atoms with van der Waals surface area (Å²) in [7, 11) is 0. The van der Waals surface area contributed by atoms with E-state index in [1.54, 1.807) is 12.1 Å². The van der Waals surface area contributed by atoms with Gasteiger partial charge in [-0.05, 0) is 6.07 Å². The number of aliphatic hydroxyl groups is 1. The van der Waals surface area contributed by atoms with Gasteiger partial charge in [-0.2, -0.15) is 21.0 Å². The van der Waals surface area contributed by atoms with Crippen LogP contribution in [0, 0.1) is 51.2 Å². The predicted octanol–water partition coefficient (Wildman–Crippen LogP) is 1.03. The number of benzene rings is 1. The molecule has 0 radical (unpaired) electrons. The predicted molar refractivity (Wildman–Crippen MR) is 81.1 cm³/mol. The molecule has 0 fully saturated rings. The molecular formula is C17H10N4O4. The number of rotatable bonds is 6. The van der Waals surface area contributed by atoms with Crippen molar-refractivity contribution in [2.45, 2.75) is 0 Å². The van der Waals surface area contributed by atoms with E-state index in [4.69, 9.17) is 30.9 Å². The number of ketones is 1. The molecule has 0 saturated heterocycles. The standard InChI is InChI=1S/C17H10N4O4/c18-7-11(8-19)15(12(9-20)10-21)16(23)13-3-1-2-4-14(13)17(24)25-6-5-22/h1-4,11,22H,5-6H2. The highest BCUT2D eigenvalue weighted by molar-refractivity contribution is 6.15. The van der Waals surface area contributed by atoms with Gasteiger partial charge in [0.15, 0.2) is 11.7 Å². The summed E-state index contributed by atoms with van der Waals surface area (Å²) in [5.41, 5.74) is -1.68. The average molecular weight is 334 g/mol. The van der Waals surface area contributed by atoms with Crippen LogP contribution in [0.25, 0.3) is 0 Å². The number of aliphatic hydroxyl groups excluding tert-OH is 1. The zero-order valence-corrected chi connectivity index (χ0v) is 12.8. The van der Waals surface area contributed by atoms with E-state index in [2.05, 4.69) is 0 Å². The van der Waals surface area contributed by atoms with E-state index in [9.17, 15) is 9.59 Å². The molecule has 0 atom stereocenters. The SMILES string of the molecule is N#CC(C#N)=C(C(=O)c1ccccc1C(=O)OCCO)C(C#N)C#N. The molecule has 0 aliphatic carbocycles. The molecule has 0 saturated carbocycles. The summed E-state index contributed by atoms with van der Waals surface area (Å²) in [5.74, 6) is -3.52. The van der Waals surface area contributed by atoms with Crippen LogP contribution in [-0.2, 0) is 4.74 Å². The third-order valence-electron chi connectivity index (χ3n) is 3.00. The fraction of sp³-hybridized carbons (Fsp3) is 0.176. The Bertz CT molecular complexity index is 861. The topological polar surface area (TPSA) is 159 Å². The fourth-order valence-electron chi connectivity index (χ4n) is 1.91. The van der Waals surface area contributed by atoms with E-state index >= 15 is 0 Å². The second-order valence-electron chi connectivity index (χ2n) is 4.44. The molecule has 0 bridgehead atoms. The molecule has 1 rings (SSSR count). The summed E-state index contributed by atoms with van der Waals surface area (Å²) >= 11 is 0. The van der Waals surface area contributed by atoms with Crippen molar-refractivity contribution in [1.82, 2.24) is 0 Å². The maximum atomic E-state index is 12.7. The first kappa shape index (κ1) is 19.1. The monoisotopic (exact) mass is 334 g/mol. The van der Waals surface area contributed by atoms with E-state index < -0.39 is 35.4 Å². The van der Waals surface area contributed by atoms with Gasteiger partial charge in [0.05, 0.1) is 29.9 Å². The Hall–Kier alpha value is -3.98. The molecule has 0 aliphatic heterocycles. The fourth-order valence-corrected chi connectivity index (χ4v) is 1.91. The van der Waals surface area contributed by atoms with Gasteiger partial charge >= 0.3 is 5.97 Å². The molecule has 0 aliphatic rings. The molecule has 0 heterocycles. The Morgan fingerprint density at radius 3 is 2.08 bits per heavy atom. The van der Waals surface area contributed by atoms with E-state index in [0.29, 0.717) is 0 Å². The van der Waals surface area contributed by atoms with Crippen LogP contribution in [0.1, 0.15) is 20.7 Å². The Morgan fingerprint density at radius 2 is 1.60 bits per heavy atom. The van der Waals surface area contributed by atoms with Gasteiger partial charge in [0.2, 0.25) is 0 Å². The summed E-state index contributed by atoms with van der Waals surface area (Å²) in [6.07, 6.45) is 0. The Labute approximate surface area is 143 Å². The first-order valence-corrected chi connectivity index (χ1v) is 6.81. The quantitative estimate of drug-likeness (QED) is 0.349. The molecule has 25 heavy (non-hydrogen) atoms. The Kier molecular flexibility index (Phi) is 7.04. The maximum Gasteiger partial charge on any atom is 0.338 e. The highest BCUT2D eigenvalue weighted by atomic mass is 16.5. The van der Waals surface area contributed by atoms with E-state index in [1.807, 2.05) is 0 Å². The molecular weight excluding hydrogens is 324 g/mol. The smallest absolute Gasteiger partial charge is 0.338 e. The minimum atomic E-state index is -1.65. The van der Waals surface area contributed by atoms with Crippen LogP contribution in [0.5, 0.6) is 0 Å². The Balaban J connectivity index is 3.53. The maximum absolute atomic E-state index is 12.7. The molecule has 8 heteroatoms. The third-order valence-corrected chi connectivity index (χ3v) is 3.00. The number of carbonyl (C=O) groups excluding carboxylic acids is 2. The minimum absolute atomic E-state index is 0.177. The lowest BCUT2D eigenvalue weighted by Gasteiger charge is -2.11. The molecule has 122 valence electrons. The van der Waals surface area contributed by atoms with Gasteiger partial charge in [0.25, 0.3) is 0 Å². The normalized spacial score (nSPS) is 9.04. The second kappa shape index (κ2) is 9.22. The van der Waals surface area contributed by atoms with Gasteiger partial charge in [0.1, 0.15) is 24.3 Å². The lowest BCUT2D eigenvalue weighted by molar-refractivity contribution is 0.0431. The van der Waals surface area contributed by atoms with Gasteiger partial charge in [0, 0.05) is 5.56 Å². The van der Waals surface area contributed by atoms with Crippen molar-refractivity contribution in [3.05, 3.63) is 46.5 Å². The van der Waals surface area contributed by atoms with Crippen molar-refractivity contribution in [2.75, 3.05) is 13.2 Å². The van der Waals surface area contributed by atoms with Crippen LogP contribution < -0.4 is 0 Å². The lowest BCUT2D eigenvalue weighted by atomic mass is 9.88. The molecule has 0 amide bonds. The van der Waals surface area contributed by atoms with Gasteiger partial charge in [-0.1, -0.05) is 18.2 Å². The van der Waals surface area contributed by atoms with Crippen molar-refractivity contribution >= 4 is 11.8 Å². The molecule has 0 spiro atoms.